The molecule has 0 spiro atoms. The minimum Gasteiger partial charge on any atom is -0.338 e. The minimum atomic E-state index is -0.164. The Hall–Kier alpha value is -2.76. The Morgan fingerprint density at radius 3 is 2.37 bits per heavy atom. The van der Waals surface area contributed by atoms with Gasteiger partial charge in [-0.15, -0.1) is 0 Å². The van der Waals surface area contributed by atoms with Gasteiger partial charge in [-0.2, -0.15) is 11.3 Å². The lowest BCUT2D eigenvalue weighted by atomic mass is 9.89. The van der Waals surface area contributed by atoms with Crippen molar-refractivity contribution in [3.05, 3.63) is 100 Å². The van der Waals surface area contributed by atoms with Crippen LogP contribution in [0.15, 0.2) is 71.9 Å². The van der Waals surface area contributed by atoms with Crippen LogP contribution in [0.3, 0.4) is 0 Å². The Morgan fingerprint density at radius 1 is 1.03 bits per heavy atom. The number of nitrogens with zero attached hydrogens (tertiary/aromatic N) is 2. The van der Waals surface area contributed by atoms with E-state index in [2.05, 4.69) is 11.5 Å². The van der Waals surface area contributed by atoms with Crippen LogP contribution in [0.5, 0.6) is 0 Å². The van der Waals surface area contributed by atoms with Gasteiger partial charge in [-0.3, -0.25) is 4.79 Å². The number of amides is 1. The fourth-order valence-corrected chi connectivity index (χ4v) is 5.70. The van der Waals surface area contributed by atoms with Gasteiger partial charge in [0.2, 0.25) is 0 Å². The highest BCUT2D eigenvalue weighted by Crippen LogP contribution is 2.30. The number of halogens is 1. The minimum absolute atomic E-state index is 0.131. The number of hydrogen-bond acceptors (Lipinski definition) is 3. The molecular formula is C30H35FN2OS. The maximum absolute atomic E-state index is 13.2. The molecule has 1 amide bonds. The van der Waals surface area contributed by atoms with Crippen LogP contribution in [0.1, 0.15) is 52.2 Å². The van der Waals surface area contributed by atoms with Gasteiger partial charge in [-0.25, -0.2) is 4.39 Å². The van der Waals surface area contributed by atoms with Crippen LogP contribution in [-0.2, 0) is 0 Å². The summed E-state index contributed by atoms with van der Waals surface area (Å²) in [4.78, 5) is 17.6. The van der Waals surface area contributed by atoms with E-state index >= 15 is 0 Å². The average Bonchev–Trinajstić information content (AvgIpc) is 3.60. The standard InChI is InChI=1S/C26H31FN2O.C4H4S/c1-3-24-19(2)5-4-6-25(24)26(30)29-16-11-20(18-29)17-28-14-12-22(13-15-28)21-7-9-23(27)10-8-21;1-2-4-5-3-1/h3-10,20,22H,1,11-18H2,2H3;1-4H. The highest BCUT2D eigenvalue weighted by Gasteiger charge is 2.30. The molecule has 35 heavy (non-hydrogen) atoms. The van der Waals surface area contributed by atoms with Gasteiger partial charge >= 0.3 is 0 Å². The van der Waals surface area contributed by atoms with Crippen LogP contribution >= 0.6 is 11.3 Å². The Bertz CT molecular complexity index is 1070. The number of aryl methyl sites for hydroxylation is 1. The van der Waals surface area contributed by atoms with Gasteiger partial charge in [-0.05, 0) is 96.8 Å². The molecule has 0 radical (unpaired) electrons. The van der Waals surface area contributed by atoms with Crippen molar-refractivity contribution in [2.45, 2.75) is 32.1 Å². The molecule has 3 aromatic rings. The number of hydrogen-bond donors (Lipinski definition) is 0. The number of carbonyl (C=O) groups is 1. The number of thiophene rings is 1. The number of rotatable bonds is 5. The van der Waals surface area contributed by atoms with Crippen LogP contribution in [0.4, 0.5) is 4.39 Å². The summed E-state index contributed by atoms with van der Waals surface area (Å²) in [5, 5.41) is 4.08. The molecule has 184 valence electrons. The second-order valence-corrected chi connectivity index (χ2v) is 10.4. The molecule has 1 aromatic heterocycles. The predicted molar refractivity (Wildman–Crippen MR) is 144 cm³/mol. The van der Waals surface area contributed by atoms with Gasteiger partial charge in [-0.1, -0.05) is 49.1 Å². The Balaban J connectivity index is 0.000000514. The zero-order chi connectivity index (χ0) is 24.6. The lowest BCUT2D eigenvalue weighted by Crippen LogP contribution is -2.38. The van der Waals surface area contributed by atoms with E-state index in [0.29, 0.717) is 11.8 Å². The first-order valence-electron chi connectivity index (χ1n) is 12.5. The number of likely N-dealkylation sites (tertiary alicyclic amines) is 2. The topological polar surface area (TPSA) is 23.6 Å². The monoisotopic (exact) mass is 490 g/mol. The van der Waals surface area contributed by atoms with Crippen molar-refractivity contribution in [1.82, 2.24) is 9.80 Å². The van der Waals surface area contributed by atoms with Crippen LogP contribution in [0, 0.1) is 18.7 Å². The molecule has 2 fully saturated rings. The molecule has 3 nitrogen and oxygen atoms in total. The van der Waals surface area contributed by atoms with Crippen molar-refractivity contribution < 1.29 is 9.18 Å². The molecule has 0 N–H and O–H groups in total. The van der Waals surface area contributed by atoms with E-state index in [-0.39, 0.29) is 11.7 Å². The summed E-state index contributed by atoms with van der Waals surface area (Å²) < 4.78 is 13.2. The normalized spacial score (nSPS) is 18.7. The SMILES string of the molecule is C=Cc1c(C)cccc1C(=O)N1CCC(CN2CCC(c3ccc(F)cc3)CC2)C1.c1ccsc1. The van der Waals surface area contributed by atoms with Gasteiger partial charge in [0, 0.05) is 25.2 Å². The molecule has 1 atom stereocenters. The molecule has 2 saturated heterocycles. The molecule has 0 bridgehead atoms. The van der Waals surface area contributed by atoms with E-state index in [1.807, 2.05) is 65.0 Å². The molecule has 1 unspecified atom stereocenters. The maximum atomic E-state index is 13.2. The van der Waals surface area contributed by atoms with Gasteiger partial charge in [0.1, 0.15) is 5.82 Å². The third kappa shape index (κ3) is 6.68. The van der Waals surface area contributed by atoms with Gasteiger partial charge in [0.25, 0.3) is 5.91 Å². The van der Waals surface area contributed by atoms with Crippen LogP contribution in [0.25, 0.3) is 6.08 Å². The molecule has 2 aromatic carbocycles. The third-order valence-electron chi connectivity index (χ3n) is 7.20. The van der Waals surface area contributed by atoms with E-state index in [1.54, 1.807) is 29.5 Å². The van der Waals surface area contributed by atoms with Crippen molar-refractivity contribution in [2.24, 2.45) is 5.92 Å². The Labute approximate surface area is 212 Å². The first kappa shape index (κ1) is 25.3. The Kier molecular flexibility index (Phi) is 8.89. The Morgan fingerprint density at radius 2 is 1.74 bits per heavy atom. The second kappa shape index (κ2) is 12.3. The van der Waals surface area contributed by atoms with Crippen molar-refractivity contribution >= 4 is 23.3 Å². The van der Waals surface area contributed by atoms with Crippen LogP contribution in [0.2, 0.25) is 0 Å². The summed E-state index contributed by atoms with van der Waals surface area (Å²) in [6.45, 7) is 10.8. The summed E-state index contributed by atoms with van der Waals surface area (Å²) >= 11 is 1.71. The van der Waals surface area contributed by atoms with Crippen LogP contribution in [-0.4, -0.2) is 48.4 Å². The molecular weight excluding hydrogens is 455 g/mol. The molecule has 2 aliphatic rings. The van der Waals surface area contributed by atoms with E-state index < -0.39 is 0 Å². The molecule has 3 heterocycles. The van der Waals surface area contributed by atoms with Crippen molar-refractivity contribution in [3.63, 3.8) is 0 Å². The van der Waals surface area contributed by atoms with Crippen molar-refractivity contribution in [2.75, 3.05) is 32.7 Å². The van der Waals surface area contributed by atoms with E-state index in [4.69, 9.17) is 0 Å². The quantitative estimate of drug-likeness (QED) is 0.390. The third-order valence-corrected chi connectivity index (χ3v) is 7.83. The van der Waals surface area contributed by atoms with Gasteiger partial charge in [0.05, 0.1) is 0 Å². The molecule has 0 aliphatic carbocycles. The van der Waals surface area contributed by atoms with Gasteiger partial charge in [0.15, 0.2) is 0 Å². The number of benzene rings is 2. The number of piperidine rings is 1. The fraction of sp³-hybridized carbons (Fsp3) is 0.367. The highest BCUT2D eigenvalue weighted by atomic mass is 32.1. The average molecular weight is 491 g/mol. The first-order chi connectivity index (χ1) is 17.0. The first-order valence-corrected chi connectivity index (χ1v) is 13.5. The maximum Gasteiger partial charge on any atom is 0.254 e. The lowest BCUT2D eigenvalue weighted by Gasteiger charge is -2.33. The van der Waals surface area contributed by atoms with Crippen molar-refractivity contribution in [3.8, 4) is 0 Å². The lowest BCUT2D eigenvalue weighted by molar-refractivity contribution is 0.0781. The predicted octanol–water partition coefficient (Wildman–Crippen LogP) is 6.87. The largest absolute Gasteiger partial charge is 0.338 e. The van der Waals surface area contributed by atoms with Crippen LogP contribution < -0.4 is 0 Å². The molecule has 2 aliphatic heterocycles. The van der Waals surface area contributed by atoms with Gasteiger partial charge < -0.3 is 9.80 Å². The number of carbonyl (C=O) groups excluding carboxylic acids is 1. The zero-order valence-corrected chi connectivity index (χ0v) is 21.4. The smallest absolute Gasteiger partial charge is 0.254 e. The van der Waals surface area contributed by atoms with E-state index in [1.165, 1.54) is 5.56 Å². The molecule has 5 rings (SSSR count). The summed E-state index contributed by atoms with van der Waals surface area (Å²) in [5.74, 6) is 1.03. The van der Waals surface area contributed by atoms with E-state index in [0.717, 1.165) is 68.7 Å². The fourth-order valence-electron chi connectivity index (χ4n) is 5.25. The van der Waals surface area contributed by atoms with Crippen molar-refractivity contribution in [1.29, 1.82) is 0 Å². The zero-order valence-electron chi connectivity index (χ0n) is 20.5. The second-order valence-electron chi connectivity index (χ2n) is 9.57. The molecule has 0 saturated carbocycles. The summed E-state index contributed by atoms with van der Waals surface area (Å²) in [6.07, 6.45) is 5.10. The highest BCUT2D eigenvalue weighted by molar-refractivity contribution is 7.07. The molecule has 5 heteroatoms. The summed E-state index contributed by atoms with van der Waals surface area (Å²) in [7, 11) is 0. The summed E-state index contributed by atoms with van der Waals surface area (Å²) in [5.41, 5.74) is 4.07. The summed E-state index contributed by atoms with van der Waals surface area (Å²) in [6, 6.07) is 16.9. The van der Waals surface area contributed by atoms with E-state index in [9.17, 15) is 9.18 Å².